The lowest BCUT2D eigenvalue weighted by Gasteiger charge is -2.23. The molecule has 5 nitrogen and oxygen atoms in total. The fourth-order valence-electron chi connectivity index (χ4n) is 3.27. The molecule has 118 valence electrons. The van der Waals surface area contributed by atoms with Gasteiger partial charge in [-0.25, -0.2) is 4.39 Å². The summed E-state index contributed by atoms with van der Waals surface area (Å²) in [4.78, 5) is 24.0. The molecule has 2 atom stereocenters. The standard InChI is InChI=1S/C16H19FN2O3/c17-11-3-1-10(2-4-11)13(14(18)20)19-15(21)12-9-16(12)5-7-22-8-6-16/h1-4,12-13H,5-9H2,(H2,18,20)(H,19,21)/t12-,13+/m1/s1. The summed E-state index contributed by atoms with van der Waals surface area (Å²) >= 11 is 0. The Hall–Kier alpha value is -1.95. The average molecular weight is 306 g/mol. The molecule has 1 saturated heterocycles. The molecule has 1 aliphatic carbocycles. The van der Waals surface area contributed by atoms with E-state index in [4.69, 9.17) is 10.5 Å². The minimum Gasteiger partial charge on any atom is -0.381 e. The van der Waals surface area contributed by atoms with Gasteiger partial charge in [-0.3, -0.25) is 9.59 Å². The largest absolute Gasteiger partial charge is 0.381 e. The second-order valence-corrected chi connectivity index (χ2v) is 6.13. The Balaban J connectivity index is 1.68. The summed E-state index contributed by atoms with van der Waals surface area (Å²) in [7, 11) is 0. The fraction of sp³-hybridized carbons (Fsp3) is 0.500. The van der Waals surface area contributed by atoms with Crippen LogP contribution in [0.15, 0.2) is 24.3 Å². The van der Waals surface area contributed by atoms with E-state index >= 15 is 0 Å². The van der Waals surface area contributed by atoms with Gasteiger partial charge >= 0.3 is 0 Å². The van der Waals surface area contributed by atoms with Crippen molar-refractivity contribution in [3.63, 3.8) is 0 Å². The van der Waals surface area contributed by atoms with E-state index < -0.39 is 17.8 Å². The summed E-state index contributed by atoms with van der Waals surface area (Å²) in [5, 5.41) is 2.71. The predicted molar refractivity (Wildman–Crippen MR) is 77.1 cm³/mol. The smallest absolute Gasteiger partial charge is 0.244 e. The van der Waals surface area contributed by atoms with E-state index in [-0.39, 0.29) is 17.2 Å². The van der Waals surface area contributed by atoms with Gasteiger partial charge in [0.05, 0.1) is 0 Å². The fourth-order valence-corrected chi connectivity index (χ4v) is 3.27. The first-order valence-corrected chi connectivity index (χ1v) is 7.45. The number of rotatable bonds is 4. The maximum atomic E-state index is 13.0. The molecular weight excluding hydrogens is 287 g/mol. The maximum absolute atomic E-state index is 13.0. The van der Waals surface area contributed by atoms with Crippen LogP contribution in [0.1, 0.15) is 30.9 Å². The molecular formula is C16H19FN2O3. The van der Waals surface area contributed by atoms with Crippen molar-refractivity contribution in [2.24, 2.45) is 17.1 Å². The number of nitrogens with two attached hydrogens (primary N) is 1. The Morgan fingerprint density at radius 1 is 1.27 bits per heavy atom. The van der Waals surface area contributed by atoms with Gasteiger partial charge in [-0.15, -0.1) is 0 Å². The second-order valence-electron chi connectivity index (χ2n) is 6.13. The Morgan fingerprint density at radius 3 is 2.50 bits per heavy atom. The lowest BCUT2D eigenvalue weighted by atomic mass is 9.93. The molecule has 1 aromatic rings. The van der Waals surface area contributed by atoms with E-state index in [2.05, 4.69) is 5.32 Å². The highest BCUT2D eigenvalue weighted by atomic mass is 19.1. The summed E-state index contributed by atoms with van der Waals surface area (Å²) in [6.45, 7) is 1.36. The molecule has 1 aromatic carbocycles. The molecule has 2 amide bonds. The third-order valence-corrected chi connectivity index (χ3v) is 4.77. The molecule has 2 aliphatic rings. The molecule has 1 saturated carbocycles. The maximum Gasteiger partial charge on any atom is 0.244 e. The van der Waals surface area contributed by atoms with Crippen LogP contribution in [0.3, 0.4) is 0 Å². The molecule has 1 aliphatic heterocycles. The second kappa shape index (κ2) is 5.68. The molecule has 1 spiro atoms. The number of primary amides is 1. The van der Waals surface area contributed by atoms with Crippen LogP contribution in [0.4, 0.5) is 4.39 Å². The molecule has 22 heavy (non-hydrogen) atoms. The number of hydrogen-bond donors (Lipinski definition) is 2. The number of carbonyl (C=O) groups excluding carboxylic acids is 2. The normalized spacial score (nSPS) is 23.8. The van der Waals surface area contributed by atoms with Crippen molar-refractivity contribution in [2.75, 3.05) is 13.2 Å². The number of ether oxygens (including phenoxy) is 1. The highest BCUT2D eigenvalue weighted by Crippen LogP contribution is 2.59. The SMILES string of the molecule is NC(=O)[C@@H](NC(=O)[C@H]1CC12CCOCC2)c1ccc(F)cc1. The van der Waals surface area contributed by atoms with Crippen molar-refractivity contribution in [2.45, 2.75) is 25.3 Å². The van der Waals surface area contributed by atoms with Crippen LogP contribution in [-0.2, 0) is 14.3 Å². The van der Waals surface area contributed by atoms with Crippen molar-refractivity contribution < 1.29 is 18.7 Å². The predicted octanol–water partition coefficient (Wildman–Crippen LogP) is 1.28. The molecule has 0 radical (unpaired) electrons. The van der Waals surface area contributed by atoms with E-state index in [0.717, 1.165) is 19.3 Å². The zero-order valence-corrected chi connectivity index (χ0v) is 12.2. The first-order chi connectivity index (χ1) is 10.5. The summed E-state index contributed by atoms with van der Waals surface area (Å²) in [6, 6.07) is 4.48. The summed E-state index contributed by atoms with van der Waals surface area (Å²) < 4.78 is 18.3. The van der Waals surface area contributed by atoms with E-state index in [9.17, 15) is 14.0 Å². The monoisotopic (exact) mass is 306 g/mol. The molecule has 2 fully saturated rings. The summed E-state index contributed by atoms with van der Waals surface area (Å²) in [5.74, 6) is -1.29. The Morgan fingerprint density at radius 2 is 1.91 bits per heavy atom. The number of carbonyl (C=O) groups is 2. The highest BCUT2D eigenvalue weighted by molar-refractivity contribution is 5.90. The lowest BCUT2D eigenvalue weighted by Crippen LogP contribution is -2.39. The molecule has 0 bridgehead atoms. The Bertz CT molecular complexity index is 582. The highest BCUT2D eigenvalue weighted by Gasteiger charge is 2.58. The van der Waals surface area contributed by atoms with Crippen molar-refractivity contribution >= 4 is 11.8 Å². The van der Waals surface area contributed by atoms with Crippen molar-refractivity contribution in [3.05, 3.63) is 35.6 Å². The van der Waals surface area contributed by atoms with Gasteiger partial charge in [0, 0.05) is 19.1 Å². The van der Waals surface area contributed by atoms with Gasteiger partial charge in [-0.05, 0) is 42.4 Å². The Labute approximate surface area is 128 Å². The number of amides is 2. The van der Waals surface area contributed by atoms with Crippen LogP contribution < -0.4 is 11.1 Å². The minimum atomic E-state index is -0.925. The van der Waals surface area contributed by atoms with Crippen LogP contribution >= 0.6 is 0 Å². The van der Waals surface area contributed by atoms with Crippen LogP contribution in [0, 0.1) is 17.2 Å². The van der Waals surface area contributed by atoms with E-state index in [1.54, 1.807) is 0 Å². The molecule has 6 heteroatoms. The lowest BCUT2D eigenvalue weighted by molar-refractivity contribution is -0.129. The first kappa shape index (κ1) is 15.0. The zero-order chi connectivity index (χ0) is 15.7. The molecule has 1 heterocycles. The summed E-state index contributed by atoms with van der Waals surface area (Å²) in [5.41, 5.74) is 5.90. The number of hydrogen-bond acceptors (Lipinski definition) is 3. The van der Waals surface area contributed by atoms with Crippen molar-refractivity contribution in [1.82, 2.24) is 5.32 Å². The van der Waals surface area contributed by atoms with Crippen LogP contribution in [0.25, 0.3) is 0 Å². The topological polar surface area (TPSA) is 81.4 Å². The molecule has 0 aromatic heterocycles. The van der Waals surface area contributed by atoms with Gasteiger partial charge in [0.1, 0.15) is 11.9 Å². The van der Waals surface area contributed by atoms with Gasteiger partial charge in [0.25, 0.3) is 0 Å². The summed E-state index contributed by atoms with van der Waals surface area (Å²) in [6.07, 6.45) is 2.59. The van der Waals surface area contributed by atoms with Crippen molar-refractivity contribution in [3.8, 4) is 0 Å². The van der Waals surface area contributed by atoms with E-state index in [1.807, 2.05) is 0 Å². The van der Waals surface area contributed by atoms with Gasteiger partial charge in [-0.1, -0.05) is 12.1 Å². The van der Waals surface area contributed by atoms with Crippen LogP contribution in [-0.4, -0.2) is 25.0 Å². The number of nitrogens with one attached hydrogen (secondary N) is 1. The van der Waals surface area contributed by atoms with E-state index in [1.165, 1.54) is 24.3 Å². The van der Waals surface area contributed by atoms with Gasteiger partial charge < -0.3 is 15.8 Å². The van der Waals surface area contributed by atoms with Crippen molar-refractivity contribution in [1.29, 1.82) is 0 Å². The zero-order valence-electron chi connectivity index (χ0n) is 12.2. The van der Waals surface area contributed by atoms with Gasteiger partial charge in [0.2, 0.25) is 11.8 Å². The van der Waals surface area contributed by atoms with E-state index in [0.29, 0.717) is 18.8 Å². The third-order valence-electron chi connectivity index (χ3n) is 4.77. The van der Waals surface area contributed by atoms with Crippen LogP contribution in [0.2, 0.25) is 0 Å². The van der Waals surface area contributed by atoms with Gasteiger partial charge in [0.15, 0.2) is 0 Å². The minimum absolute atomic E-state index is 0.0350. The number of halogens is 1. The average Bonchev–Trinajstić information content (AvgIpc) is 3.19. The Kier molecular flexibility index (Phi) is 3.87. The molecule has 3 rings (SSSR count). The molecule has 3 N–H and O–H groups in total. The third kappa shape index (κ3) is 2.83. The molecule has 0 unspecified atom stereocenters. The van der Waals surface area contributed by atoms with Crippen LogP contribution in [0.5, 0.6) is 0 Å². The number of benzene rings is 1. The van der Waals surface area contributed by atoms with Gasteiger partial charge in [-0.2, -0.15) is 0 Å². The quantitative estimate of drug-likeness (QED) is 0.879. The first-order valence-electron chi connectivity index (χ1n) is 7.45.